The van der Waals surface area contributed by atoms with E-state index in [0.717, 1.165) is 0 Å². The number of carbonyl (C=O) groups is 2. The van der Waals surface area contributed by atoms with Crippen LogP contribution in [0.5, 0.6) is 0 Å². The van der Waals surface area contributed by atoms with E-state index in [-0.39, 0.29) is 30.6 Å². The first-order valence-electron chi connectivity index (χ1n) is 8.20. The van der Waals surface area contributed by atoms with Crippen LogP contribution < -0.4 is 10.2 Å². The van der Waals surface area contributed by atoms with Crippen LogP contribution in [0, 0.1) is 5.82 Å². The summed E-state index contributed by atoms with van der Waals surface area (Å²) in [6, 6.07) is 10.1. The van der Waals surface area contributed by atoms with Gasteiger partial charge in [0.25, 0.3) is 0 Å². The van der Waals surface area contributed by atoms with Gasteiger partial charge in [-0.15, -0.1) is 0 Å². The summed E-state index contributed by atoms with van der Waals surface area (Å²) in [5, 5.41) is 2.66. The Morgan fingerprint density at radius 1 is 1.08 bits per heavy atom. The molecule has 2 heterocycles. The zero-order chi connectivity index (χ0) is 17.6. The summed E-state index contributed by atoms with van der Waals surface area (Å²) in [7, 11) is 0. The number of amides is 2. The molecule has 2 aromatic rings. The average molecular weight is 345 g/mol. The molecular weight excluding hydrogens is 325 g/mol. The van der Waals surface area contributed by atoms with Crippen molar-refractivity contribution in [2.75, 3.05) is 31.1 Å². The van der Waals surface area contributed by atoms with Crippen molar-refractivity contribution in [1.29, 1.82) is 0 Å². The smallest absolute Gasteiger partial charge is 0.232 e. The van der Waals surface area contributed by atoms with Crippen LogP contribution in [0.25, 0.3) is 0 Å². The van der Waals surface area contributed by atoms with E-state index in [0.29, 0.717) is 37.6 Å². The molecule has 1 saturated heterocycles. The summed E-state index contributed by atoms with van der Waals surface area (Å²) in [5.74, 6) is -0.179. The fraction of sp³-hybridized carbons (Fsp3) is 0.333. The average Bonchev–Trinajstić information content (AvgIpc) is 3.14. The van der Waals surface area contributed by atoms with Crippen molar-refractivity contribution in [2.24, 2.45) is 0 Å². The largest absolute Gasteiger partial charge is 0.467 e. The van der Waals surface area contributed by atoms with Gasteiger partial charge in [-0.25, -0.2) is 4.39 Å². The summed E-state index contributed by atoms with van der Waals surface area (Å²) >= 11 is 0. The molecule has 1 aliphatic heterocycles. The zero-order valence-corrected chi connectivity index (χ0v) is 13.8. The molecule has 7 heteroatoms. The van der Waals surface area contributed by atoms with E-state index in [4.69, 9.17) is 4.42 Å². The Balaban J connectivity index is 1.45. The van der Waals surface area contributed by atoms with Crippen molar-refractivity contribution in [3.8, 4) is 0 Å². The van der Waals surface area contributed by atoms with Gasteiger partial charge in [-0.05, 0) is 24.3 Å². The fourth-order valence-corrected chi connectivity index (χ4v) is 2.82. The third-order valence-electron chi connectivity index (χ3n) is 4.18. The molecule has 0 atom stereocenters. The molecule has 0 saturated carbocycles. The molecule has 25 heavy (non-hydrogen) atoms. The van der Waals surface area contributed by atoms with Crippen LogP contribution in [0.15, 0.2) is 47.1 Å². The van der Waals surface area contributed by atoms with Crippen LogP contribution in [-0.4, -0.2) is 42.9 Å². The second-order valence-corrected chi connectivity index (χ2v) is 5.85. The molecule has 1 aliphatic rings. The molecule has 0 radical (unpaired) electrons. The number of piperazine rings is 1. The number of anilines is 1. The van der Waals surface area contributed by atoms with E-state index >= 15 is 0 Å². The molecule has 0 unspecified atom stereocenters. The van der Waals surface area contributed by atoms with Crippen LogP contribution in [0.2, 0.25) is 0 Å². The first-order valence-corrected chi connectivity index (χ1v) is 8.20. The molecule has 3 rings (SSSR count). The third-order valence-corrected chi connectivity index (χ3v) is 4.18. The van der Waals surface area contributed by atoms with Gasteiger partial charge in [-0.1, -0.05) is 12.1 Å². The molecule has 1 fully saturated rings. The van der Waals surface area contributed by atoms with Gasteiger partial charge in [-0.2, -0.15) is 0 Å². The highest BCUT2D eigenvalue weighted by Crippen LogP contribution is 2.20. The van der Waals surface area contributed by atoms with Crippen molar-refractivity contribution >= 4 is 17.5 Å². The van der Waals surface area contributed by atoms with Crippen LogP contribution >= 0.6 is 0 Å². The molecule has 132 valence electrons. The van der Waals surface area contributed by atoms with Gasteiger partial charge in [0.2, 0.25) is 11.8 Å². The highest BCUT2D eigenvalue weighted by molar-refractivity contribution is 5.96. The monoisotopic (exact) mass is 345 g/mol. The van der Waals surface area contributed by atoms with Gasteiger partial charge < -0.3 is 19.5 Å². The number of benzene rings is 1. The lowest BCUT2D eigenvalue weighted by Crippen LogP contribution is -2.49. The number of furan rings is 1. The second-order valence-electron chi connectivity index (χ2n) is 5.85. The first-order chi connectivity index (χ1) is 12.1. The minimum atomic E-state index is -0.335. The normalized spacial score (nSPS) is 14.4. The zero-order valence-electron chi connectivity index (χ0n) is 13.8. The van der Waals surface area contributed by atoms with Gasteiger partial charge >= 0.3 is 0 Å². The molecule has 0 bridgehead atoms. The Morgan fingerprint density at radius 3 is 2.52 bits per heavy atom. The van der Waals surface area contributed by atoms with E-state index in [1.54, 1.807) is 35.2 Å². The Kier molecular flexibility index (Phi) is 5.33. The van der Waals surface area contributed by atoms with Crippen LogP contribution in [-0.2, 0) is 16.1 Å². The summed E-state index contributed by atoms with van der Waals surface area (Å²) in [5.41, 5.74) is 0.547. The molecule has 2 amide bonds. The minimum absolute atomic E-state index is 0.194. The van der Waals surface area contributed by atoms with Crippen molar-refractivity contribution in [2.45, 2.75) is 13.0 Å². The number of carbonyl (C=O) groups excluding carboxylic acids is 2. The Labute approximate surface area is 145 Å². The molecule has 1 N–H and O–H groups in total. The number of hydrogen-bond acceptors (Lipinski definition) is 4. The van der Waals surface area contributed by atoms with Crippen LogP contribution in [0.1, 0.15) is 12.2 Å². The van der Waals surface area contributed by atoms with Crippen molar-refractivity contribution < 1.29 is 18.4 Å². The first kappa shape index (κ1) is 17.0. The number of nitrogens with zero attached hydrogens (tertiary/aromatic N) is 2. The lowest BCUT2D eigenvalue weighted by Gasteiger charge is -2.36. The van der Waals surface area contributed by atoms with Crippen molar-refractivity contribution in [1.82, 2.24) is 10.2 Å². The van der Waals surface area contributed by atoms with E-state index in [1.807, 2.05) is 4.90 Å². The van der Waals surface area contributed by atoms with Gasteiger partial charge in [0.1, 0.15) is 18.0 Å². The predicted octanol–water partition coefficient (Wildman–Crippen LogP) is 1.77. The Morgan fingerprint density at radius 2 is 1.84 bits per heavy atom. The molecular formula is C18H20FN3O3. The number of rotatable bonds is 5. The van der Waals surface area contributed by atoms with Gasteiger partial charge in [-0.3, -0.25) is 9.59 Å². The number of para-hydroxylation sites is 1. The van der Waals surface area contributed by atoms with Gasteiger partial charge in [0, 0.05) is 26.2 Å². The summed E-state index contributed by atoms with van der Waals surface area (Å²) < 4.78 is 18.9. The quantitative estimate of drug-likeness (QED) is 0.839. The fourth-order valence-electron chi connectivity index (χ4n) is 2.82. The van der Waals surface area contributed by atoms with Gasteiger partial charge in [0.15, 0.2) is 0 Å². The van der Waals surface area contributed by atoms with Crippen LogP contribution in [0.4, 0.5) is 10.1 Å². The predicted molar refractivity (Wildman–Crippen MR) is 90.4 cm³/mol. The second kappa shape index (κ2) is 7.83. The summed E-state index contributed by atoms with van der Waals surface area (Å²) in [6.45, 7) is 2.29. The van der Waals surface area contributed by atoms with E-state index in [2.05, 4.69) is 5.32 Å². The van der Waals surface area contributed by atoms with E-state index < -0.39 is 0 Å². The summed E-state index contributed by atoms with van der Waals surface area (Å²) in [4.78, 5) is 27.6. The molecule has 1 aromatic heterocycles. The maximum absolute atomic E-state index is 13.8. The molecule has 1 aromatic carbocycles. The highest BCUT2D eigenvalue weighted by atomic mass is 19.1. The maximum Gasteiger partial charge on any atom is 0.232 e. The molecule has 0 aliphatic carbocycles. The minimum Gasteiger partial charge on any atom is -0.467 e. The van der Waals surface area contributed by atoms with E-state index in [9.17, 15) is 14.0 Å². The third kappa shape index (κ3) is 4.37. The summed E-state index contributed by atoms with van der Waals surface area (Å²) in [6.07, 6.45) is 1.34. The Hall–Kier alpha value is -2.83. The lowest BCUT2D eigenvalue weighted by molar-refractivity contribution is -0.136. The lowest BCUT2D eigenvalue weighted by atomic mass is 10.2. The van der Waals surface area contributed by atoms with E-state index in [1.165, 1.54) is 12.3 Å². The number of halogens is 1. The molecule has 0 spiro atoms. The van der Waals surface area contributed by atoms with Gasteiger partial charge in [0.05, 0.1) is 18.5 Å². The van der Waals surface area contributed by atoms with Crippen molar-refractivity contribution in [3.63, 3.8) is 0 Å². The maximum atomic E-state index is 13.8. The van der Waals surface area contributed by atoms with Crippen molar-refractivity contribution in [3.05, 3.63) is 54.2 Å². The topological polar surface area (TPSA) is 65.8 Å². The Bertz CT molecular complexity index is 725. The number of nitrogens with one attached hydrogen (secondary N) is 1. The van der Waals surface area contributed by atoms with Crippen LogP contribution in [0.3, 0.4) is 0 Å². The highest BCUT2D eigenvalue weighted by Gasteiger charge is 2.24. The SMILES string of the molecule is O=C(CC(=O)N1CCN(c2ccccc2F)CC1)NCc1ccco1. The number of hydrogen-bond donors (Lipinski definition) is 1. The standard InChI is InChI=1S/C18H20FN3O3/c19-15-5-1-2-6-16(15)21-7-9-22(10-8-21)18(24)12-17(23)20-13-14-4-3-11-25-14/h1-6,11H,7-10,12-13H2,(H,20,23). The molecule has 6 nitrogen and oxygen atoms in total.